The second-order valence-corrected chi connectivity index (χ2v) is 5.98. The highest BCUT2D eigenvalue weighted by molar-refractivity contribution is 5.98. The summed E-state index contributed by atoms with van der Waals surface area (Å²) in [5, 5.41) is 18.4. The van der Waals surface area contributed by atoms with Crippen molar-refractivity contribution in [2.45, 2.75) is 13.8 Å². The first-order valence-corrected chi connectivity index (χ1v) is 6.92. The second kappa shape index (κ2) is 4.94. The minimum absolute atomic E-state index is 0.149. The average Bonchev–Trinajstić information content (AvgIpc) is 2.82. The topological polar surface area (TPSA) is 108 Å². The van der Waals surface area contributed by atoms with Gasteiger partial charge >= 0.3 is 5.97 Å². The van der Waals surface area contributed by atoms with E-state index in [1.807, 2.05) is 30.3 Å². The van der Waals surface area contributed by atoms with Gasteiger partial charge in [0.15, 0.2) is 5.82 Å². The van der Waals surface area contributed by atoms with Crippen LogP contribution in [-0.4, -0.2) is 32.2 Å². The Morgan fingerprint density at radius 2 is 1.91 bits per heavy atom. The number of carbonyl (C=O) groups is 2. The molecule has 2 aromatic rings. The number of carboxylic acid groups (broad SMARTS) is 1. The van der Waals surface area contributed by atoms with Gasteiger partial charge in [-0.3, -0.25) is 20.0 Å². The van der Waals surface area contributed by atoms with E-state index >= 15 is 0 Å². The van der Waals surface area contributed by atoms with Crippen molar-refractivity contribution in [3.05, 3.63) is 30.3 Å². The molecule has 1 amide bonds. The van der Waals surface area contributed by atoms with Gasteiger partial charge in [0.25, 0.3) is 0 Å². The van der Waals surface area contributed by atoms with Gasteiger partial charge in [-0.15, -0.1) is 5.10 Å². The molecule has 0 radical (unpaired) electrons. The fourth-order valence-electron chi connectivity index (χ4n) is 2.82. The largest absolute Gasteiger partial charge is 0.481 e. The summed E-state index contributed by atoms with van der Waals surface area (Å²) in [4.78, 5) is 27.5. The molecule has 0 aliphatic heterocycles. The van der Waals surface area contributed by atoms with E-state index in [1.54, 1.807) is 13.8 Å². The molecule has 3 N–H and O–H groups in total. The summed E-state index contributed by atoms with van der Waals surface area (Å²) in [5.74, 6) is -1.86. The number of aliphatic carboxylic acids is 1. The highest BCUT2D eigenvalue weighted by Gasteiger charge is 2.66. The molecule has 1 saturated carbocycles. The van der Waals surface area contributed by atoms with Gasteiger partial charge in [0.1, 0.15) is 0 Å². The van der Waals surface area contributed by atoms with Gasteiger partial charge in [-0.1, -0.05) is 44.2 Å². The third kappa shape index (κ3) is 2.34. The molecule has 0 saturated heterocycles. The van der Waals surface area contributed by atoms with Crippen molar-refractivity contribution in [3.63, 3.8) is 0 Å². The lowest BCUT2D eigenvalue weighted by molar-refractivity contribution is -0.140. The van der Waals surface area contributed by atoms with Crippen LogP contribution in [0, 0.1) is 17.3 Å². The van der Waals surface area contributed by atoms with Crippen LogP contribution < -0.4 is 5.32 Å². The zero-order valence-corrected chi connectivity index (χ0v) is 12.2. The molecule has 0 unspecified atom stereocenters. The third-order valence-corrected chi connectivity index (χ3v) is 4.14. The first-order valence-electron chi connectivity index (χ1n) is 6.92. The zero-order chi connectivity index (χ0) is 15.9. The van der Waals surface area contributed by atoms with E-state index in [-0.39, 0.29) is 11.9 Å². The first kappa shape index (κ1) is 14.2. The highest BCUT2D eigenvalue weighted by Crippen LogP contribution is 2.58. The van der Waals surface area contributed by atoms with Crippen molar-refractivity contribution in [2.24, 2.45) is 17.3 Å². The van der Waals surface area contributed by atoms with Crippen LogP contribution in [0.15, 0.2) is 30.3 Å². The number of H-pyrrole nitrogens is 1. The molecule has 3 rings (SSSR count). The van der Waals surface area contributed by atoms with Gasteiger partial charge in [-0.2, -0.15) is 4.98 Å². The number of rotatable bonds is 4. The molecular weight excluding hydrogens is 284 g/mol. The van der Waals surface area contributed by atoms with E-state index < -0.39 is 23.2 Å². The fraction of sp³-hybridized carbons (Fsp3) is 0.333. The molecule has 0 spiro atoms. The summed E-state index contributed by atoms with van der Waals surface area (Å²) >= 11 is 0. The number of hydrogen-bond acceptors (Lipinski definition) is 4. The van der Waals surface area contributed by atoms with Crippen molar-refractivity contribution in [1.82, 2.24) is 15.2 Å². The Balaban J connectivity index is 1.71. The number of amides is 1. The minimum atomic E-state index is -0.954. The van der Waals surface area contributed by atoms with Crippen molar-refractivity contribution in [2.75, 3.05) is 5.32 Å². The van der Waals surface area contributed by atoms with E-state index in [2.05, 4.69) is 20.5 Å². The smallest absolute Gasteiger partial charge is 0.307 e. The minimum Gasteiger partial charge on any atom is -0.481 e. The van der Waals surface area contributed by atoms with Crippen molar-refractivity contribution >= 4 is 17.8 Å². The predicted molar refractivity (Wildman–Crippen MR) is 78.8 cm³/mol. The normalized spacial score (nSPS) is 22.1. The quantitative estimate of drug-likeness (QED) is 0.797. The number of aromatic amines is 1. The Morgan fingerprint density at radius 1 is 1.23 bits per heavy atom. The highest BCUT2D eigenvalue weighted by atomic mass is 16.4. The number of anilines is 1. The van der Waals surface area contributed by atoms with Crippen LogP contribution in [0.3, 0.4) is 0 Å². The molecule has 1 fully saturated rings. The van der Waals surface area contributed by atoms with Crippen molar-refractivity contribution < 1.29 is 14.7 Å². The summed E-state index contributed by atoms with van der Waals surface area (Å²) in [6.45, 7) is 3.53. The summed E-state index contributed by atoms with van der Waals surface area (Å²) < 4.78 is 0. The fourth-order valence-corrected chi connectivity index (χ4v) is 2.82. The van der Waals surface area contributed by atoms with Crippen LogP contribution >= 0.6 is 0 Å². The van der Waals surface area contributed by atoms with E-state index in [1.165, 1.54) is 0 Å². The summed E-state index contributed by atoms with van der Waals surface area (Å²) in [6, 6.07) is 9.39. The lowest BCUT2D eigenvalue weighted by atomic mass is 10.1. The SMILES string of the molecule is CC1(C)[C@@H](C(=O)O)[C@@H]1C(=O)Nc1n[nH]c(-c2ccccc2)n1. The van der Waals surface area contributed by atoms with Gasteiger partial charge < -0.3 is 5.11 Å². The van der Waals surface area contributed by atoms with Crippen LogP contribution in [0.1, 0.15) is 13.8 Å². The Bertz CT molecular complexity index is 723. The van der Waals surface area contributed by atoms with Crippen LogP contribution in [-0.2, 0) is 9.59 Å². The van der Waals surface area contributed by atoms with Gasteiger partial charge in [0.05, 0.1) is 11.8 Å². The molecular formula is C15H16N4O3. The molecule has 7 heteroatoms. The number of hydrogen-bond donors (Lipinski definition) is 3. The van der Waals surface area contributed by atoms with Gasteiger partial charge in [0.2, 0.25) is 11.9 Å². The molecule has 7 nitrogen and oxygen atoms in total. The summed E-state index contributed by atoms with van der Waals surface area (Å²) in [5.41, 5.74) is 0.305. The maximum atomic E-state index is 12.2. The molecule has 0 bridgehead atoms. The third-order valence-electron chi connectivity index (χ3n) is 4.14. The lowest BCUT2D eigenvalue weighted by Gasteiger charge is -2.01. The van der Waals surface area contributed by atoms with E-state index in [9.17, 15) is 9.59 Å². The second-order valence-electron chi connectivity index (χ2n) is 5.98. The van der Waals surface area contributed by atoms with Gasteiger partial charge in [-0.05, 0) is 5.41 Å². The molecule has 1 aromatic carbocycles. The van der Waals surface area contributed by atoms with Crippen LogP contribution in [0.25, 0.3) is 11.4 Å². The van der Waals surface area contributed by atoms with Gasteiger partial charge in [0, 0.05) is 5.56 Å². The zero-order valence-electron chi connectivity index (χ0n) is 12.2. The summed E-state index contributed by atoms with van der Waals surface area (Å²) in [7, 11) is 0. The number of aromatic nitrogens is 3. The molecule has 114 valence electrons. The lowest BCUT2D eigenvalue weighted by Crippen LogP contribution is -2.18. The van der Waals surface area contributed by atoms with Crippen molar-refractivity contribution in [1.29, 1.82) is 0 Å². The molecule has 1 aliphatic carbocycles. The Hall–Kier alpha value is -2.70. The Labute approximate surface area is 126 Å². The van der Waals surface area contributed by atoms with E-state index in [0.717, 1.165) is 5.56 Å². The van der Waals surface area contributed by atoms with Gasteiger partial charge in [-0.25, -0.2) is 0 Å². The number of benzene rings is 1. The average molecular weight is 300 g/mol. The Morgan fingerprint density at radius 3 is 2.50 bits per heavy atom. The predicted octanol–water partition coefficient (Wildman–Crippen LogP) is 1.77. The molecule has 1 aromatic heterocycles. The molecule has 1 heterocycles. The molecule has 2 atom stereocenters. The first-order chi connectivity index (χ1) is 10.4. The monoisotopic (exact) mass is 300 g/mol. The van der Waals surface area contributed by atoms with Crippen LogP contribution in [0.2, 0.25) is 0 Å². The Kier molecular flexibility index (Phi) is 3.20. The van der Waals surface area contributed by atoms with Crippen LogP contribution in [0.4, 0.5) is 5.95 Å². The van der Waals surface area contributed by atoms with Crippen LogP contribution in [0.5, 0.6) is 0 Å². The maximum Gasteiger partial charge on any atom is 0.307 e. The molecule has 1 aliphatic rings. The number of nitrogens with one attached hydrogen (secondary N) is 2. The maximum absolute atomic E-state index is 12.2. The number of nitrogens with zero attached hydrogens (tertiary/aromatic N) is 2. The van der Waals surface area contributed by atoms with Crippen molar-refractivity contribution in [3.8, 4) is 11.4 Å². The molecule has 22 heavy (non-hydrogen) atoms. The summed E-state index contributed by atoms with van der Waals surface area (Å²) in [6.07, 6.45) is 0. The standard InChI is InChI=1S/C15H16N4O3/c1-15(2)9(10(15)13(21)22)12(20)17-14-16-11(18-19-14)8-6-4-3-5-7-8/h3-7,9-10H,1-2H3,(H,21,22)(H2,16,17,18,19,20)/t9-,10-/m1/s1. The van der Waals surface area contributed by atoms with E-state index in [4.69, 9.17) is 5.11 Å². The number of carboxylic acids is 1. The van der Waals surface area contributed by atoms with E-state index in [0.29, 0.717) is 5.82 Å². The number of carbonyl (C=O) groups excluding carboxylic acids is 1.